The molecule has 0 fully saturated rings. The van der Waals surface area contributed by atoms with E-state index in [1.54, 1.807) is 24.3 Å². The van der Waals surface area contributed by atoms with Gasteiger partial charge in [-0.1, -0.05) is 72.8 Å². The summed E-state index contributed by atoms with van der Waals surface area (Å²) in [5.74, 6) is -0.294. The third kappa shape index (κ3) is 4.87. The molecule has 0 radical (unpaired) electrons. The molecule has 1 heterocycles. The summed E-state index contributed by atoms with van der Waals surface area (Å²) in [6, 6.07) is 27.1. The average molecular weight is 411 g/mol. The van der Waals surface area contributed by atoms with Crippen molar-refractivity contribution < 1.29 is 9.90 Å². The quantitative estimate of drug-likeness (QED) is 0.508. The Morgan fingerprint density at radius 1 is 0.871 bits per heavy atom. The zero-order chi connectivity index (χ0) is 21.6. The molecule has 154 valence electrons. The number of aromatic nitrogens is 2. The predicted molar refractivity (Wildman–Crippen MR) is 119 cm³/mol. The van der Waals surface area contributed by atoms with Crippen molar-refractivity contribution in [2.75, 3.05) is 0 Å². The lowest BCUT2D eigenvalue weighted by Gasteiger charge is -2.13. The standard InChI is InChI=1S/C25H21N3O3/c29-22-15-23(30)28(17-19-10-5-2-6-11-19)24(27-22)20-12-7-13-21(14-20)25(31)26-16-18-8-3-1-4-9-18/h1-15,29H,16-17H2,(H,26,31). The molecule has 0 aliphatic rings. The number of nitrogens with zero attached hydrogens (tertiary/aromatic N) is 2. The Kier molecular flexibility index (Phi) is 5.89. The SMILES string of the molecule is O=C(NCc1ccccc1)c1cccc(-c2nc(O)cc(=O)n2Cc2ccccc2)c1. The highest BCUT2D eigenvalue weighted by molar-refractivity contribution is 5.95. The molecule has 0 aliphatic heterocycles. The van der Waals surface area contributed by atoms with Crippen LogP contribution in [0.5, 0.6) is 5.88 Å². The Labute approximate surface area is 179 Å². The van der Waals surface area contributed by atoms with Crippen LogP contribution < -0.4 is 10.9 Å². The van der Waals surface area contributed by atoms with Crippen LogP contribution in [0.3, 0.4) is 0 Å². The molecule has 0 atom stereocenters. The molecule has 0 saturated carbocycles. The zero-order valence-corrected chi connectivity index (χ0v) is 16.7. The second-order valence-electron chi connectivity index (χ2n) is 7.10. The second kappa shape index (κ2) is 9.09. The van der Waals surface area contributed by atoms with Crippen LogP contribution in [0.25, 0.3) is 11.4 Å². The summed E-state index contributed by atoms with van der Waals surface area (Å²) in [6.45, 7) is 0.708. The Hall–Kier alpha value is -4.19. The summed E-state index contributed by atoms with van der Waals surface area (Å²) in [5.41, 5.74) is 2.56. The van der Waals surface area contributed by atoms with Gasteiger partial charge < -0.3 is 10.4 Å². The van der Waals surface area contributed by atoms with E-state index in [2.05, 4.69) is 10.3 Å². The van der Waals surface area contributed by atoms with Gasteiger partial charge in [0.25, 0.3) is 11.5 Å². The monoisotopic (exact) mass is 411 g/mol. The van der Waals surface area contributed by atoms with E-state index in [0.717, 1.165) is 17.2 Å². The van der Waals surface area contributed by atoms with Crippen LogP contribution in [0.15, 0.2) is 95.8 Å². The number of rotatable bonds is 6. The smallest absolute Gasteiger partial charge is 0.257 e. The van der Waals surface area contributed by atoms with E-state index in [9.17, 15) is 14.7 Å². The van der Waals surface area contributed by atoms with Gasteiger partial charge in [-0.05, 0) is 23.3 Å². The summed E-state index contributed by atoms with van der Waals surface area (Å²) < 4.78 is 1.48. The van der Waals surface area contributed by atoms with Crippen LogP contribution in [0.2, 0.25) is 0 Å². The molecule has 4 aromatic rings. The van der Waals surface area contributed by atoms with E-state index < -0.39 is 0 Å². The fraction of sp³-hybridized carbons (Fsp3) is 0.0800. The van der Waals surface area contributed by atoms with Crippen LogP contribution in [0.4, 0.5) is 0 Å². The molecule has 6 nitrogen and oxygen atoms in total. The van der Waals surface area contributed by atoms with Crippen molar-refractivity contribution >= 4 is 5.91 Å². The highest BCUT2D eigenvalue weighted by Gasteiger charge is 2.14. The summed E-state index contributed by atoms with van der Waals surface area (Å²) in [5, 5.41) is 12.8. The molecule has 1 aromatic heterocycles. The van der Waals surface area contributed by atoms with E-state index >= 15 is 0 Å². The van der Waals surface area contributed by atoms with Crippen LogP contribution in [0.1, 0.15) is 21.5 Å². The van der Waals surface area contributed by atoms with Crippen molar-refractivity contribution in [2.45, 2.75) is 13.1 Å². The van der Waals surface area contributed by atoms with E-state index in [4.69, 9.17) is 0 Å². The fourth-order valence-electron chi connectivity index (χ4n) is 3.31. The van der Waals surface area contributed by atoms with Crippen molar-refractivity contribution in [3.63, 3.8) is 0 Å². The molecule has 6 heteroatoms. The van der Waals surface area contributed by atoms with E-state index in [1.807, 2.05) is 60.7 Å². The molecule has 1 amide bonds. The molecule has 0 saturated heterocycles. The van der Waals surface area contributed by atoms with Gasteiger partial charge in [0.1, 0.15) is 5.82 Å². The maximum absolute atomic E-state index is 12.7. The van der Waals surface area contributed by atoms with Gasteiger partial charge in [-0.3, -0.25) is 14.2 Å². The lowest BCUT2D eigenvalue weighted by molar-refractivity contribution is 0.0951. The van der Waals surface area contributed by atoms with Gasteiger partial charge >= 0.3 is 0 Å². The van der Waals surface area contributed by atoms with Crippen molar-refractivity contribution in [3.05, 3.63) is 118 Å². The normalized spacial score (nSPS) is 10.6. The average Bonchev–Trinajstić information content (AvgIpc) is 2.80. The lowest BCUT2D eigenvalue weighted by Crippen LogP contribution is -2.24. The molecule has 0 aliphatic carbocycles. The molecule has 4 rings (SSSR count). The summed E-state index contributed by atoms with van der Waals surface area (Å²) >= 11 is 0. The minimum absolute atomic E-state index is 0.234. The Morgan fingerprint density at radius 2 is 1.55 bits per heavy atom. The molecular formula is C25H21N3O3. The van der Waals surface area contributed by atoms with Crippen LogP contribution in [-0.2, 0) is 13.1 Å². The Balaban J connectivity index is 1.64. The number of carbonyl (C=O) groups is 1. The van der Waals surface area contributed by atoms with Gasteiger partial charge in [-0.2, -0.15) is 4.98 Å². The first-order valence-corrected chi connectivity index (χ1v) is 9.87. The summed E-state index contributed by atoms with van der Waals surface area (Å²) in [4.78, 5) is 29.4. The third-order valence-corrected chi connectivity index (χ3v) is 4.86. The van der Waals surface area contributed by atoms with Gasteiger partial charge in [-0.25, -0.2) is 0 Å². The molecule has 31 heavy (non-hydrogen) atoms. The third-order valence-electron chi connectivity index (χ3n) is 4.86. The zero-order valence-electron chi connectivity index (χ0n) is 16.7. The number of amides is 1. The second-order valence-corrected chi connectivity index (χ2v) is 7.10. The topological polar surface area (TPSA) is 84.2 Å². The van der Waals surface area contributed by atoms with E-state index in [1.165, 1.54) is 4.57 Å². The largest absolute Gasteiger partial charge is 0.493 e. The molecule has 2 N–H and O–H groups in total. The number of benzene rings is 3. The number of hydrogen-bond donors (Lipinski definition) is 2. The van der Waals surface area contributed by atoms with E-state index in [0.29, 0.717) is 30.0 Å². The van der Waals surface area contributed by atoms with Gasteiger partial charge in [-0.15, -0.1) is 0 Å². The number of aromatic hydroxyl groups is 1. The first-order valence-electron chi connectivity index (χ1n) is 9.87. The highest BCUT2D eigenvalue weighted by Crippen LogP contribution is 2.20. The van der Waals surface area contributed by atoms with Crippen molar-refractivity contribution in [2.24, 2.45) is 0 Å². The van der Waals surface area contributed by atoms with Crippen LogP contribution in [0, 0.1) is 0 Å². The van der Waals surface area contributed by atoms with Crippen molar-refractivity contribution in [1.29, 1.82) is 0 Å². The minimum Gasteiger partial charge on any atom is -0.493 e. The molecule has 0 bridgehead atoms. The van der Waals surface area contributed by atoms with Gasteiger partial charge in [0.15, 0.2) is 0 Å². The summed E-state index contributed by atoms with van der Waals surface area (Å²) in [7, 11) is 0. The fourth-order valence-corrected chi connectivity index (χ4v) is 3.31. The first kappa shape index (κ1) is 20.1. The molecular weight excluding hydrogens is 390 g/mol. The lowest BCUT2D eigenvalue weighted by atomic mass is 10.1. The predicted octanol–water partition coefficient (Wildman–Crippen LogP) is 3.59. The first-order chi connectivity index (χ1) is 15.1. The van der Waals surface area contributed by atoms with Crippen LogP contribution >= 0.6 is 0 Å². The van der Waals surface area contributed by atoms with Gasteiger partial charge in [0.2, 0.25) is 5.88 Å². The van der Waals surface area contributed by atoms with Gasteiger partial charge in [0, 0.05) is 17.7 Å². The summed E-state index contributed by atoms with van der Waals surface area (Å²) in [6.07, 6.45) is 0. The Morgan fingerprint density at radius 3 is 2.26 bits per heavy atom. The number of hydrogen-bond acceptors (Lipinski definition) is 4. The Bertz CT molecular complexity index is 1250. The van der Waals surface area contributed by atoms with E-state index in [-0.39, 0.29) is 17.3 Å². The number of nitrogens with one attached hydrogen (secondary N) is 1. The number of carbonyl (C=O) groups excluding carboxylic acids is 1. The highest BCUT2D eigenvalue weighted by atomic mass is 16.3. The molecule has 3 aromatic carbocycles. The van der Waals surface area contributed by atoms with Crippen LogP contribution in [-0.4, -0.2) is 20.6 Å². The maximum Gasteiger partial charge on any atom is 0.257 e. The molecule has 0 unspecified atom stereocenters. The minimum atomic E-state index is -0.370. The maximum atomic E-state index is 12.7. The molecule has 0 spiro atoms. The van der Waals surface area contributed by atoms with Crippen molar-refractivity contribution in [1.82, 2.24) is 14.9 Å². The van der Waals surface area contributed by atoms with Gasteiger partial charge in [0.05, 0.1) is 12.6 Å². The van der Waals surface area contributed by atoms with Crippen molar-refractivity contribution in [3.8, 4) is 17.3 Å².